The second kappa shape index (κ2) is 15.1. The minimum absolute atomic E-state index is 0.890. The molecule has 0 amide bonds. The van der Waals surface area contributed by atoms with Crippen LogP contribution in [0.4, 0.5) is 17.1 Å². The molecule has 60 heavy (non-hydrogen) atoms. The Hall–Kier alpha value is -7.94. The molecule has 0 spiro atoms. The van der Waals surface area contributed by atoms with Gasteiger partial charge in [-0.2, -0.15) is 0 Å². The average Bonchev–Trinajstić information content (AvgIpc) is 3.70. The van der Waals surface area contributed by atoms with E-state index in [4.69, 9.17) is 4.42 Å². The van der Waals surface area contributed by atoms with Crippen LogP contribution in [0.5, 0.6) is 0 Å². The summed E-state index contributed by atoms with van der Waals surface area (Å²) in [5, 5.41) is 4.74. The molecular formula is C58H39NO. The lowest BCUT2D eigenvalue weighted by Crippen LogP contribution is -2.11. The van der Waals surface area contributed by atoms with Crippen molar-refractivity contribution in [3.63, 3.8) is 0 Å². The van der Waals surface area contributed by atoms with Crippen molar-refractivity contribution in [1.29, 1.82) is 0 Å². The van der Waals surface area contributed by atoms with Crippen molar-refractivity contribution < 1.29 is 4.42 Å². The summed E-state index contributed by atoms with van der Waals surface area (Å²) in [6, 6.07) is 85.0. The Labute approximate surface area is 349 Å². The summed E-state index contributed by atoms with van der Waals surface area (Å²) < 4.78 is 6.23. The predicted molar refractivity (Wildman–Crippen MR) is 253 cm³/mol. The number of anilines is 3. The Morgan fingerprint density at radius 1 is 0.267 bits per heavy atom. The maximum Gasteiger partial charge on any atom is 0.135 e. The molecule has 11 rings (SSSR count). The molecule has 11 aromatic rings. The molecule has 0 aliphatic heterocycles. The molecule has 2 heteroatoms. The van der Waals surface area contributed by atoms with E-state index < -0.39 is 0 Å². The van der Waals surface area contributed by atoms with Gasteiger partial charge in [0.15, 0.2) is 0 Å². The molecule has 0 fully saturated rings. The Morgan fingerprint density at radius 2 is 0.783 bits per heavy atom. The molecule has 2 nitrogen and oxygen atoms in total. The number of benzene rings is 10. The van der Waals surface area contributed by atoms with Crippen LogP contribution in [-0.4, -0.2) is 0 Å². The van der Waals surface area contributed by atoms with E-state index in [0.29, 0.717) is 0 Å². The summed E-state index contributed by atoms with van der Waals surface area (Å²) in [7, 11) is 0. The van der Waals surface area contributed by atoms with E-state index >= 15 is 0 Å². The number of hydrogen-bond acceptors (Lipinski definition) is 2. The Morgan fingerprint density at radius 3 is 1.53 bits per heavy atom. The highest BCUT2D eigenvalue weighted by Crippen LogP contribution is 2.44. The zero-order chi connectivity index (χ0) is 39.8. The first-order valence-corrected chi connectivity index (χ1v) is 20.5. The van der Waals surface area contributed by atoms with Gasteiger partial charge in [-0.25, -0.2) is 0 Å². The number of nitrogens with zero attached hydrogens (tertiary/aromatic N) is 1. The first-order valence-electron chi connectivity index (χ1n) is 20.5. The number of fused-ring (bicyclic) bond motifs is 4. The van der Waals surface area contributed by atoms with Crippen LogP contribution in [0, 0.1) is 0 Å². The second-order valence-corrected chi connectivity index (χ2v) is 15.3. The fourth-order valence-corrected chi connectivity index (χ4v) is 8.57. The Balaban J connectivity index is 0.993. The van der Waals surface area contributed by atoms with Crippen molar-refractivity contribution in [2.24, 2.45) is 0 Å². The largest absolute Gasteiger partial charge is 0.456 e. The standard InChI is InChI=1S/C58H39NO/c1-2-11-40(12-3-1)42-21-23-43(24-22-42)44-31-34-51(35-32-44)59(56-19-8-6-17-53(56)50-33-36-58-55(39-50)54-18-7-9-20-57(54)60-58)52-16-10-15-48(38-52)45-25-27-46(28-26-45)49-30-29-41-13-4-5-14-47(41)37-49/h1-39H. The third kappa shape index (κ3) is 6.61. The fourth-order valence-electron chi connectivity index (χ4n) is 8.57. The van der Waals surface area contributed by atoms with Gasteiger partial charge in [-0.3, -0.25) is 0 Å². The quantitative estimate of drug-likeness (QED) is 0.153. The highest BCUT2D eigenvalue weighted by atomic mass is 16.3. The predicted octanol–water partition coefficient (Wildman–Crippen LogP) is 16.5. The SMILES string of the molecule is c1ccc(-c2ccc(-c3ccc(N(c4cccc(-c5ccc(-c6ccc7ccccc7c6)cc5)c4)c4ccccc4-c4ccc5oc6ccccc6c5c4)cc3)cc2)cc1. The van der Waals surface area contributed by atoms with Gasteiger partial charge in [0.25, 0.3) is 0 Å². The molecule has 0 N–H and O–H groups in total. The summed E-state index contributed by atoms with van der Waals surface area (Å²) in [5.74, 6) is 0. The van der Waals surface area contributed by atoms with Gasteiger partial charge < -0.3 is 9.32 Å². The average molecular weight is 766 g/mol. The van der Waals surface area contributed by atoms with Crippen LogP contribution in [0.1, 0.15) is 0 Å². The summed E-state index contributed by atoms with van der Waals surface area (Å²) in [6.45, 7) is 0. The lowest BCUT2D eigenvalue weighted by Gasteiger charge is -2.28. The molecular weight excluding hydrogens is 727 g/mol. The Kier molecular flexibility index (Phi) is 8.87. The summed E-state index contributed by atoms with van der Waals surface area (Å²) in [5.41, 5.74) is 16.8. The topological polar surface area (TPSA) is 16.4 Å². The van der Waals surface area contributed by atoms with Gasteiger partial charge in [0, 0.05) is 27.7 Å². The van der Waals surface area contributed by atoms with E-state index in [1.54, 1.807) is 0 Å². The van der Waals surface area contributed by atoms with Gasteiger partial charge in [-0.1, -0.05) is 182 Å². The number of rotatable bonds is 8. The maximum atomic E-state index is 6.23. The van der Waals surface area contributed by atoms with Crippen LogP contribution in [-0.2, 0) is 0 Å². The van der Waals surface area contributed by atoms with Gasteiger partial charge in [-0.15, -0.1) is 0 Å². The van der Waals surface area contributed by atoms with Gasteiger partial charge in [0.1, 0.15) is 11.2 Å². The van der Waals surface area contributed by atoms with Gasteiger partial charge in [-0.05, 0) is 115 Å². The first-order chi connectivity index (χ1) is 29.7. The minimum atomic E-state index is 0.890. The Bertz CT molecular complexity index is 3290. The summed E-state index contributed by atoms with van der Waals surface area (Å²) in [6.07, 6.45) is 0. The molecule has 0 bridgehead atoms. The van der Waals surface area contributed by atoms with Crippen LogP contribution in [0.3, 0.4) is 0 Å². The summed E-state index contributed by atoms with van der Waals surface area (Å²) >= 11 is 0. The normalized spacial score (nSPS) is 11.3. The molecule has 0 unspecified atom stereocenters. The number of furan rings is 1. The fraction of sp³-hybridized carbons (Fsp3) is 0. The van der Waals surface area contributed by atoms with E-state index in [9.17, 15) is 0 Å². The molecule has 10 aromatic carbocycles. The molecule has 1 aromatic heterocycles. The first kappa shape index (κ1) is 35.2. The molecule has 1 heterocycles. The smallest absolute Gasteiger partial charge is 0.135 e. The molecule has 0 saturated carbocycles. The van der Waals surface area contributed by atoms with Gasteiger partial charge in [0.05, 0.1) is 5.69 Å². The second-order valence-electron chi connectivity index (χ2n) is 15.3. The lowest BCUT2D eigenvalue weighted by atomic mass is 9.97. The zero-order valence-corrected chi connectivity index (χ0v) is 32.9. The molecule has 0 aliphatic carbocycles. The maximum absolute atomic E-state index is 6.23. The molecule has 0 aliphatic rings. The van der Waals surface area contributed by atoms with E-state index in [1.807, 2.05) is 12.1 Å². The minimum Gasteiger partial charge on any atom is -0.456 e. The van der Waals surface area contributed by atoms with Crippen molar-refractivity contribution in [3.05, 3.63) is 237 Å². The van der Waals surface area contributed by atoms with Crippen molar-refractivity contribution in [3.8, 4) is 55.6 Å². The van der Waals surface area contributed by atoms with E-state index in [2.05, 4.69) is 229 Å². The van der Waals surface area contributed by atoms with Crippen LogP contribution in [0.2, 0.25) is 0 Å². The highest BCUT2D eigenvalue weighted by Gasteiger charge is 2.19. The molecule has 0 radical (unpaired) electrons. The van der Waals surface area contributed by atoms with Crippen LogP contribution >= 0.6 is 0 Å². The van der Waals surface area contributed by atoms with Crippen LogP contribution < -0.4 is 4.90 Å². The summed E-state index contributed by atoms with van der Waals surface area (Å²) in [4.78, 5) is 2.39. The number of para-hydroxylation sites is 2. The van der Waals surface area contributed by atoms with Crippen LogP contribution in [0.25, 0.3) is 88.3 Å². The molecule has 0 saturated heterocycles. The zero-order valence-electron chi connectivity index (χ0n) is 32.9. The van der Waals surface area contributed by atoms with Crippen molar-refractivity contribution in [1.82, 2.24) is 0 Å². The number of hydrogen-bond donors (Lipinski definition) is 0. The lowest BCUT2D eigenvalue weighted by molar-refractivity contribution is 0.669. The molecule has 282 valence electrons. The third-order valence-corrected chi connectivity index (χ3v) is 11.7. The molecule has 0 atom stereocenters. The van der Waals surface area contributed by atoms with Crippen molar-refractivity contribution in [2.75, 3.05) is 4.90 Å². The van der Waals surface area contributed by atoms with Crippen LogP contribution in [0.15, 0.2) is 241 Å². The third-order valence-electron chi connectivity index (χ3n) is 11.7. The van der Waals surface area contributed by atoms with Crippen molar-refractivity contribution in [2.45, 2.75) is 0 Å². The van der Waals surface area contributed by atoms with Crippen molar-refractivity contribution >= 4 is 49.8 Å². The highest BCUT2D eigenvalue weighted by molar-refractivity contribution is 6.07. The van der Waals surface area contributed by atoms with Gasteiger partial charge in [0.2, 0.25) is 0 Å². The monoisotopic (exact) mass is 765 g/mol. The van der Waals surface area contributed by atoms with E-state index in [1.165, 1.54) is 49.7 Å². The van der Waals surface area contributed by atoms with Gasteiger partial charge >= 0.3 is 0 Å². The van der Waals surface area contributed by atoms with E-state index in [-0.39, 0.29) is 0 Å². The van der Waals surface area contributed by atoms with E-state index in [0.717, 1.165) is 55.7 Å².